The lowest BCUT2D eigenvalue weighted by molar-refractivity contribution is 0.0954. The molecule has 29 heavy (non-hydrogen) atoms. The predicted octanol–water partition coefficient (Wildman–Crippen LogP) is 2.96. The Balaban J connectivity index is 1.52. The Morgan fingerprint density at radius 1 is 1.24 bits per heavy atom. The summed E-state index contributed by atoms with van der Waals surface area (Å²) in [6.45, 7) is 0.629. The first kappa shape index (κ1) is 18.3. The largest absolute Gasteiger partial charge is 0.454 e. The summed E-state index contributed by atoms with van der Waals surface area (Å²) in [5.41, 5.74) is 5.32. The van der Waals surface area contributed by atoms with E-state index in [1.165, 1.54) is 0 Å². The minimum absolute atomic E-state index is 0.149. The number of aromatic nitrogens is 2. The standard InChI is InChI=1S/C21H17N5O3/c22-9-4-10-26-13-17(20(25-26)15-5-2-1-3-6-15)12-23-24-21(27)16-7-8-18-19(11-16)29-14-28-18/h1-3,5-8,11-13H,4,10,14H2,(H,24,27)/b23-12-. The third-order valence-corrected chi connectivity index (χ3v) is 4.29. The number of amides is 1. The van der Waals surface area contributed by atoms with Gasteiger partial charge in [0.1, 0.15) is 5.69 Å². The van der Waals surface area contributed by atoms with Crippen LogP contribution in [0.2, 0.25) is 0 Å². The molecule has 3 aromatic rings. The van der Waals surface area contributed by atoms with Gasteiger partial charge in [0.05, 0.1) is 25.2 Å². The van der Waals surface area contributed by atoms with Gasteiger partial charge in [0.15, 0.2) is 11.5 Å². The third kappa shape index (κ3) is 4.09. The van der Waals surface area contributed by atoms with Gasteiger partial charge in [-0.05, 0) is 18.2 Å². The van der Waals surface area contributed by atoms with Crippen molar-refractivity contribution in [1.82, 2.24) is 15.2 Å². The Morgan fingerprint density at radius 3 is 2.90 bits per heavy atom. The number of carbonyl (C=O) groups is 1. The Kier molecular flexibility index (Phi) is 5.21. The number of aryl methyl sites for hydroxylation is 1. The van der Waals surface area contributed by atoms with Gasteiger partial charge in [-0.15, -0.1) is 0 Å². The van der Waals surface area contributed by atoms with Crippen molar-refractivity contribution in [1.29, 1.82) is 5.26 Å². The Labute approximate surface area is 167 Å². The highest BCUT2D eigenvalue weighted by molar-refractivity contribution is 5.96. The van der Waals surface area contributed by atoms with Gasteiger partial charge in [-0.1, -0.05) is 30.3 Å². The van der Waals surface area contributed by atoms with E-state index in [0.29, 0.717) is 30.0 Å². The van der Waals surface area contributed by atoms with Crippen LogP contribution < -0.4 is 14.9 Å². The molecule has 0 spiro atoms. The van der Waals surface area contributed by atoms with Crippen LogP contribution in [0.3, 0.4) is 0 Å². The van der Waals surface area contributed by atoms with Crippen molar-refractivity contribution in [3.8, 4) is 28.8 Å². The molecule has 0 saturated heterocycles. The number of fused-ring (bicyclic) bond motifs is 1. The van der Waals surface area contributed by atoms with Crippen LogP contribution in [0.5, 0.6) is 11.5 Å². The zero-order chi connectivity index (χ0) is 20.1. The van der Waals surface area contributed by atoms with Crippen molar-refractivity contribution in [2.45, 2.75) is 13.0 Å². The van der Waals surface area contributed by atoms with E-state index in [1.807, 2.05) is 30.3 Å². The average molecular weight is 387 g/mol. The number of nitrogens with zero attached hydrogens (tertiary/aromatic N) is 4. The van der Waals surface area contributed by atoms with Gasteiger partial charge in [0, 0.05) is 22.9 Å². The summed E-state index contributed by atoms with van der Waals surface area (Å²) in [5, 5.41) is 17.4. The first-order valence-electron chi connectivity index (χ1n) is 8.97. The summed E-state index contributed by atoms with van der Waals surface area (Å²) in [5.74, 6) is 0.784. The second-order valence-electron chi connectivity index (χ2n) is 6.24. The van der Waals surface area contributed by atoms with E-state index < -0.39 is 0 Å². The maximum absolute atomic E-state index is 12.4. The molecule has 1 N–H and O–H groups in total. The molecule has 0 unspecified atom stereocenters. The third-order valence-electron chi connectivity index (χ3n) is 4.29. The van der Waals surface area contributed by atoms with Crippen LogP contribution in [0.1, 0.15) is 22.3 Å². The molecule has 1 amide bonds. The first-order chi connectivity index (χ1) is 14.2. The van der Waals surface area contributed by atoms with Gasteiger partial charge >= 0.3 is 0 Å². The SMILES string of the molecule is N#CCCn1cc(/C=N\NC(=O)c2ccc3c(c2)OCO3)c(-c2ccccc2)n1. The highest BCUT2D eigenvalue weighted by Gasteiger charge is 2.16. The number of nitrogens with one attached hydrogen (secondary N) is 1. The molecule has 1 aliphatic rings. The Hall–Kier alpha value is -4.12. The van der Waals surface area contributed by atoms with Gasteiger partial charge in [-0.3, -0.25) is 9.48 Å². The van der Waals surface area contributed by atoms with Crippen molar-refractivity contribution in [2.75, 3.05) is 6.79 Å². The Morgan fingerprint density at radius 2 is 2.07 bits per heavy atom. The van der Waals surface area contributed by atoms with Gasteiger partial charge in [-0.2, -0.15) is 15.5 Å². The van der Waals surface area contributed by atoms with Gasteiger partial charge < -0.3 is 9.47 Å². The molecule has 4 rings (SSSR count). The maximum atomic E-state index is 12.4. The van der Waals surface area contributed by atoms with Crippen LogP contribution >= 0.6 is 0 Å². The second kappa shape index (κ2) is 8.27. The van der Waals surface area contributed by atoms with Crippen LogP contribution in [0.4, 0.5) is 0 Å². The molecule has 0 aliphatic carbocycles. The van der Waals surface area contributed by atoms with Crippen LogP contribution in [0.15, 0.2) is 59.8 Å². The molecule has 0 fully saturated rings. The topological polar surface area (TPSA) is 102 Å². The van der Waals surface area contributed by atoms with Crippen molar-refractivity contribution >= 4 is 12.1 Å². The van der Waals surface area contributed by atoms with E-state index in [0.717, 1.165) is 16.8 Å². The van der Waals surface area contributed by atoms with E-state index in [1.54, 1.807) is 35.3 Å². The summed E-state index contributed by atoms with van der Waals surface area (Å²) in [6, 6.07) is 16.7. The smallest absolute Gasteiger partial charge is 0.271 e. The van der Waals surface area contributed by atoms with Crippen molar-refractivity contribution in [2.24, 2.45) is 5.10 Å². The van der Waals surface area contributed by atoms with E-state index >= 15 is 0 Å². The number of hydrogen-bond acceptors (Lipinski definition) is 6. The van der Waals surface area contributed by atoms with E-state index in [2.05, 4.69) is 21.7 Å². The average Bonchev–Trinajstić information content (AvgIpc) is 3.39. The minimum Gasteiger partial charge on any atom is -0.454 e. The number of hydrazone groups is 1. The molecule has 0 atom stereocenters. The second-order valence-corrected chi connectivity index (χ2v) is 6.24. The fraction of sp³-hybridized carbons (Fsp3) is 0.143. The number of benzene rings is 2. The molecule has 2 aromatic carbocycles. The highest BCUT2D eigenvalue weighted by atomic mass is 16.7. The summed E-state index contributed by atoms with van der Waals surface area (Å²) < 4.78 is 12.2. The van der Waals surface area contributed by atoms with Crippen LogP contribution in [-0.4, -0.2) is 28.7 Å². The van der Waals surface area contributed by atoms with E-state index in [9.17, 15) is 4.79 Å². The fourth-order valence-electron chi connectivity index (χ4n) is 2.89. The molecule has 1 aliphatic heterocycles. The zero-order valence-corrected chi connectivity index (χ0v) is 15.4. The van der Waals surface area contributed by atoms with Gasteiger partial charge in [0.25, 0.3) is 5.91 Å². The molecule has 8 nitrogen and oxygen atoms in total. The molecule has 0 saturated carbocycles. The molecule has 0 radical (unpaired) electrons. The summed E-state index contributed by atoms with van der Waals surface area (Å²) in [7, 11) is 0. The molecule has 144 valence electrons. The van der Waals surface area contributed by atoms with Crippen LogP contribution in [0.25, 0.3) is 11.3 Å². The summed E-state index contributed by atoms with van der Waals surface area (Å²) in [6.07, 6.45) is 3.70. The number of nitriles is 1. The van der Waals surface area contributed by atoms with Crippen LogP contribution in [0, 0.1) is 11.3 Å². The summed E-state index contributed by atoms with van der Waals surface area (Å²) >= 11 is 0. The Bertz CT molecular complexity index is 1100. The molecule has 8 heteroatoms. The quantitative estimate of drug-likeness (QED) is 0.518. The van der Waals surface area contributed by atoms with Crippen molar-refractivity contribution < 1.29 is 14.3 Å². The fourth-order valence-corrected chi connectivity index (χ4v) is 2.89. The molecule has 1 aromatic heterocycles. The number of hydrogen-bond donors (Lipinski definition) is 1. The lowest BCUT2D eigenvalue weighted by Gasteiger charge is -2.02. The van der Waals surface area contributed by atoms with E-state index in [-0.39, 0.29) is 12.7 Å². The van der Waals surface area contributed by atoms with Gasteiger partial charge in [0.2, 0.25) is 6.79 Å². The van der Waals surface area contributed by atoms with Crippen molar-refractivity contribution in [3.05, 3.63) is 65.9 Å². The summed E-state index contributed by atoms with van der Waals surface area (Å²) in [4.78, 5) is 12.4. The van der Waals surface area contributed by atoms with Gasteiger partial charge in [-0.25, -0.2) is 5.43 Å². The number of carbonyl (C=O) groups excluding carboxylic acids is 1. The normalized spacial score (nSPS) is 12.1. The van der Waals surface area contributed by atoms with Crippen molar-refractivity contribution in [3.63, 3.8) is 0 Å². The molecular formula is C21H17N5O3. The molecular weight excluding hydrogens is 370 g/mol. The predicted molar refractivity (Wildman–Crippen MR) is 106 cm³/mol. The number of rotatable bonds is 6. The lowest BCUT2D eigenvalue weighted by atomic mass is 10.1. The molecule has 0 bridgehead atoms. The van der Waals surface area contributed by atoms with E-state index in [4.69, 9.17) is 14.7 Å². The maximum Gasteiger partial charge on any atom is 0.271 e. The minimum atomic E-state index is -0.363. The molecule has 2 heterocycles. The number of ether oxygens (including phenoxy) is 2. The first-order valence-corrected chi connectivity index (χ1v) is 8.97. The highest BCUT2D eigenvalue weighted by Crippen LogP contribution is 2.32. The zero-order valence-electron chi connectivity index (χ0n) is 15.4. The lowest BCUT2D eigenvalue weighted by Crippen LogP contribution is -2.17. The monoisotopic (exact) mass is 387 g/mol. The van der Waals surface area contributed by atoms with Crippen LogP contribution in [-0.2, 0) is 6.54 Å².